The highest BCUT2D eigenvalue weighted by atomic mass is 32.2. The third-order valence-corrected chi connectivity index (χ3v) is 5.64. The monoisotopic (exact) mass is 374 g/mol. The van der Waals surface area contributed by atoms with Crippen molar-refractivity contribution in [3.8, 4) is 0 Å². The second-order valence-electron chi connectivity index (χ2n) is 6.41. The van der Waals surface area contributed by atoms with Crippen LogP contribution in [-0.2, 0) is 9.59 Å². The van der Waals surface area contributed by atoms with E-state index in [0.29, 0.717) is 5.69 Å². The molecule has 26 heavy (non-hydrogen) atoms. The summed E-state index contributed by atoms with van der Waals surface area (Å²) in [6.07, 6.45) is 1.83. The Balaban J connectivity index is 1.63. The number of carbonyl (C=O) groups is 2. The molecule has 1 saturated carbocycles. The van der Waals surface area contributed by atoms with E-state index in [1.807, 2.05) is 6.07 Å². The molecule has 1 saturated heterocycles. The van der Waals surface area contributed by atoms with E-state index in [1.165, 1.54) is 22.7 Å². The molecule has 2 aromatic rings. The maximum absolute atomic E-state index is 14.2. The fourth-order valence-electron chi connectivity index (χ4n) is 2.97. The Kier molecular flexibility index (Phi) is 4.40. The van der Waals surface area contributed by atoms with Crippen molar-refractivity contribution in [1.29, 1.82) is 0 Å². The number of nitrogens with one attached hydrogen (secondary N) is 1. The summed E-state index contributed by atoms with van der Waals surface area (Å²) in [6.45, 7) is 0. The number of rotatable bonds is 4. The van der Waals surface area contributed by atoms with Crippen LogP contribution in [0.5, 0.6) is 0 Å². The highest BCUT2D eigenvalue weighted by molar-refractivity contribution is 8.00. The van der Waals surface area contributed by atoms with Crippen molar-refractivity contribution in [2.45, 2.75) is 18.2 Å². The van der Waals surface area contributed by atoms with Gasteiger partial charge in [-0.15, -0.1) is 11.8 Å². The smallest absolute Gasteiger partial charge is 0.238 e. The zero-order chi connectivity index (χ0) is 18.3. The summed E-state index contributed by atoms with van der Waals surface area (Å²) in [6, 6.07) is 10.4. The largest absolute Gasteiger partial charge is 0.326 e. The van der Waals surface area contributed by atoms with Crippen LogP contribution in [0.3, 0.4) is 0 Å². The quantitative estimate of drug-likeness (QED) is 0.877. The van der Waals surface area contributed by atoms with E-state index in [1.54, 1.807) is 18.2 Å². The van der Waals surface area contributed by atoms with E-state index in [4.69, 9.17) is 0 Å². The van der Waals surface area contributed by atoms with E-state index in [2.05, 4.69) is 5.32 Å². The van der Waals surface area contributed by atoms with Gasteiger partial charge in [0.1, 0.15) is 17.0 Å². The molecule has 4 nitrogen and oxygen atoms in total. The summed E-state index contributed by atoms with van der Waals surface area (Å²) in [5, 5.41) is 2.45. The van der Waals surface area contributed by atoms with Crippen LogP contribution in [0.4, 0.5) is 20.2 Å². The summed E-state index contributed by atoms with van der Waals surface area (Å²) < 4.78 is 27.4. The molecule has 1 aliphatic carbocycles. The van der Waals surface area contributed by atoms with Gasteiger partial charge in [-0.3, -0.25) is 14.5 Å². The highest BCUT2D eigenvalue weighted by Gasteiger charge is 2.36. The molecule has 0 aromatic heterocycles. The molecule has 2 aliphatic rings. The van der Waals surface area contributed by atoms with Crippen molar-refractivity contribution < 1.29 is 18.4 Å². The minimum absolute atomic E-state index is 0.00117. The van der Waals surface area contributed by atoms with Crippen LogP contribution in [0.15, 0.2) is 42.5 Å². The number of carbonyl (C=O) groups excluding carboxylic acids is 2. The number of benzene rings is 2. The minimum Gasteiger partial charge on any atom is -0.326 e. The van der Waals surface area contributed by atoms with Gasteiger partial charge in [0, 0.05) is 17.7 Å². The van der Waals surface area contributed by atoms with Gasteiger partial charge in [0.15, 0.2) is 0 Å². The first-order chi connectivity index (χ1) is 12.5. The molecule has 0 spiro atoms. The van der Waals surface area contributed by atoms with Gasteiger partial charge in [-0.25, -0.2) is 8.78 Å². The second kappa shape index (κ2) is 6.72. The van der Waals surface area contributed by atoms with Crippen LogP contribution in [0.25, 0.3) is 0 Å². The number of hydrogen-bond donors (Lipinski definition) is 1. The van der Waals surface area contributed by atoms with Crippen molar-refractivity contribution in [2.24, 2.45) is 5.92 Å². The van der Waals surface area contributed by atoms with Crippen LogP contribution < -0.4 is 10.2 Å². The number of amides is 2. The molecule has 7 heteroatoms. The first kappa shape index (κ1) is 17.0. The van der Waals surface area contributed by atoms with Gasteiger partial charge in [0.25, 0.3) is 0 Å². The van der Waals surface area contributed by atoms with Gasteiger partial charge in [-0.2, -0.15) is 0 Å². The molecule has 0 radical (unpaired) electrons. The van der Waals surface area contributed by atoms with Crippen LogP contribution in [0.1, 0.15) is 23.8 Å². The van der Waals surface area contributed by atoms with Crippen LogP contribution >= 0.6 is 11.8 Å². The van der Waals surface area contributed by atoms with Gasteiger partial charge in [-0.1, -0.05) is 12.1 Å². The van der Waals surface area contributed by atoms with Gasteiger partial charge in [0.2, 0.25) is 11.8 Å². The molecule has 2 aromatic carbocycles. The van der Waals surface area contributed by atoms with Crippen molar-refractivity contribution in [1.82, 2.24) is 0 Å². The van der Waals surface area contributed by atoms with E-state index >= 15 is 0 Å². The normalized spacial score (nSPS) is 19.7. The SMILES string of the molecule is O=C(Nc1cccc([C@@H]2SCC(=O)N2c2ccc(F)cc2F)c1)C1CC1. The minimum atomic E-state index is -0.774. The zero-order valence-corrected chi connectivity index (χ0v) is 14.6. The van der Waals surface area contributed by atoms with Crippen LogP contribution in [0.2, 0.25) is 0 Å². The Labute approximate surface area is 153 Å². The molecule has 1 aliphatic heterocycles. The Morgan fingerprint density at radius 1 is 1.15 bits per heavy atom. The first-order valence-electron chi connectivity index (χ1n) is 8.32. The number of halogens is 2. The predicted molar refractivity (Wildman–Crippen MR) is 96.8 cm³/mol. The maximum atomic E-state index is 14.2. The van der Waals surface area contributed by atoms with Crippen molar-refractivity contribution in [3.05, 3.63) is 59.7 Å². The molecule has 1 atom stereocenters. The summed E-state index contributed by atoms with van der Waals surface area (Å²) in [5.41, 5.74) is 1.48. The lowest BCUT2D eigenvalue weighted by molar-refractivity contribution is -0.117. The van der Waals surface area contributed by atoms with Crippen molar-refractivity contribution in [2.75, 3.05) is 16.0 Å². The Morgan fingerprint density at radius 2 is 1.96 bits per heavy atom. The lowest BCUT2D eigenvalue weighted by atomic mass is 10.1. The molecular formula is C19H16F2N2O2S. The zero-order valence-electron chi connectivity index (χ0n) is 13.7. The van der Waals surface area contributed by atoms with E-state index < -0.39 is 17.0 Å². The van der Waals surface area contributed by atoms with E-state index in [0.717, 1.165) is 30.5 Å². The highest BCUT2D eigenvalue weighted by Crippen LogP contribution is 2.43. The van der Waals surface area contributed by atoms with Gasteiger partial charge in [0.05, 0.1) is 11.4 Å². The van der Waals surface area contributed by atoms with Crippen molar-refractivity contribution in [3.63, 3.8) is 0 Å². The van der Waals surface area contributed by atoms with E-state index in [9.17, 15) is 18.4 Å². The molecule has 0 bridgehead atoms. The molecule has 2 amide bonds. The summed E-state index contributed by atoms with van der Waals surface area (Å²) in [5.74, 6) is -1.40. The van der Waals surface area contributed by atoms with Gasteiger partial charge in [-0.05, 0) is 42.7 Å². The lowest BCUT2D eigenvalue weighted by Crippen LogP contribution is -2.28. The molecule has 134 valence electrons. The average Bonchev–Trinajstić information content (AvgIpc) is 3.39. The maximum Gasteiger partial charge on any atom is 0.238 e. The topological polar surface area (TPSA) is 49.4 Å². The molecule has 2 fully saturated rings. The number of nitrogens with zero attached hydrogens (tertiary/aromatic N) is 1. The molecule has 0 unspecified atom stereocenters. The standard InChI is InChI=1S/C19H16F2N2O2S/c20-13-6-7-16(15(21)9-13)23-17(24)10-26-19(23)12-2-1-3-14(8-12)22-18(25)11-4-5-11/h1-3,6-9,11,19H,4-5,10H2,(H,22,25)/t19-/m0/s1. The average molecular weight is 374 g/mol. The Hall–Kier alpha value is -2.41. The van der Waals surface area contributed by atoms with Gasteiger partial charge >= 0.3 is 0 Å². The third-order valence-electron chi connectivity index (χ3n) is 4.42. The second-order valence-corrected chi connectivity index (χ2v) is 7.48. The Morgan fingerprint density at radius 3 is 2.69 bits per heavy atom. The molecule has 1 N–H and O–H groups in total. The Bertz CT molecular complexity index is 886. The predicted octanol–water partition coefficient (Wildman–Crippen LogP) is 4.09. The number of thioether (sulfide) groups is 1. The molecular weight excluding hydrogens is 358 g/mol. The third kappa shape index (κ3) is 3.31. The van der Waals surface area contributed by atoms with Gasteiger partial charge < -0.3 is 5.32 Å². The van der Waals surface area contributed by atoms with Crippen LogP contribution in [0, 0.1) is 17.6 Å². The number of anilines is 2. The molecule has 1 heterocycles. The summed E-state index contributed by atoms with van der Waals surface area (Å²) >= 11 is 1.37. The number of hydrogen-bond acceptors (Lipinski definition) is 3. The summed E-state index contributed by atoms with van der Waals surface area (Å²) in [4.78, 5) is 25.6. The first-order valence-corrected chi connectivity index (χ1v) is 9.37. The summed E-state index contributed by atoms with van der Waals surface area (Å²) in [7, 11) is 0. The lowest BCUT2D eigenvalue weighted by Gasteiger charge is -2.25. The van der Waals surface area contributed by atoms with Crippen molar-refractivity contribution >= 4 is 35.0 Å². The van der Waals surface area contributed by atoms with E-state index in [-0.39, 0.29) is 29.2 Å². The van der Waals surface area contributed by atoms with Crippen LogP contribution in [-0.4, -0.2) is 17.6 Å². The molecule has 4 rings (SSSR count). The fraction of sp³-hybridized carbons (Fsp3) is 0.263. The fourth-order valence-corrected chi connectivity index (χ4v) is 4.13.